The number of rotatable bonds is 12. The molecule has 0 spiro atoms. The first-order valence-corrected chi connectivity index (χ1v) is 14.2. The van der Waals surface area contributed by atoms with Crippen LogP contribution in [-0.2, 0) is 33.8 Å². The molecule has 0 bridgehead atoms. The highest BCUT2D eigenvalue weighted by atomic mass is 16.3. The Morgan fingerprint density at radius 2 is 1.74 bits per heavy atom. The molecule has 0 radical (unpaired) electrons. The van der Waals surface area contributed by atoms with E-state index in [1.807, 2.05) is 86.6 Å². The maximum Gasteiger partial charge on any atom is 0.249 e. The Labute approximate surface area is 246 Å². The number of carbonyl (C=O) groups is 3. The standard InChI is InChI=1S/C33H40N4O5/c1-33(2,35-19-26(39)21-38)18-31(41)36-28-16-15-24-7-4-6-10-29(24)37(32(28)42)20-22-11-13-23(14-12-22)27-9-5-3-8-25(27)17-30(34)40/h3-14,26,28,35,38-39H,15-21H2,1-2H3,(H2,34,40)(H,36,41)/t26-,28+/m0/s1. The van der Waals surface area contributed by atoms with Crippen LogP contribution in [0.5, 0.6) is 0 Å². The molecule has 1 aliphatic rings. The first-order valence-electron chi connectivity index (χ1n) is 14.2. The molecular formula is C33H40N4O5. The van der Waals surface area contributed by atoms with Crippen molar-refractivity contribution in [3.63, 3.8) is 0 Å². The Bertz CT molecular complexity index is 1410. The number of aryl methyl sites for hydroxylation is 1. The van der Waals surface area contributed by atoms with Crippen LogP contribution in [0.25, 0.3) is 11.1 Å². The molecule has 9 heteroatoms. The molecule has 0 fully saturated rings. The van der Waals surface area contributed by atoms with E-state index in [0.29, 0.717) is 19.4 Å². The van der Waals surface area contributed by atoms with Gasteiger partial charge in [-0.25, -0.2) is 0 Å². The minimum Gasteiger partial charge on any atom is -0.394 e. The molecule has 1 heterocycles. The van der Waals surface area contributed by atoms with Gasteiger partial charge in [0.15, 0.2) is 0 Å². The van der Waals surface area contributed by atoms with E-state index in [1.165, 1.54) is 0 Å². The number of anilines is 1. The fraction of sp³-hybridized carbons (Fsp3) is 0.364. The maximum absolute atomic E-state index is 13.9. The van der Waals surface area contributed by atoms with Crippen molar-refractivity contribution >= 4 is 23.4 Å². The van der Waals surface area contributed by atoms with Crippen molar-refractivity contribution < 1.29 is 24.6 Å². The number of amides is 3. The number of nitrogens with two attached hydrogens (primary N) is 1. The molecule has 9 nitrogen and oxygen atoms in total. The molecule has 0 saturated carbocycles. The number of aliphatic hydroxyl groups excluding tert-OH is 2. The minimum atomic E-state index is -0.915. The number of para-hydroxylation sites is 1. The first-order chi connectivity index (χ1) is 20.1. The van der Waals surface area contributed by atoms with Crippen molar-refractivity contribution in [2.24, 2.45) is 5.73 Å². The summed E-state index contributed by atoms with van der Waals surface area (Å²) >= 11 is 0. The summed E-state index contributed by atoms with van der Waals surface area (Å²) in [5.41, 5.74) is 10.3. The van der Waals surface area contributed by atoms with Crippen molar-refractivity contribution in [1.82, 2.24) is 10.6 Å². The van der Waals surface area contributed by atoms with Crippen molar-refractivity contribution in [2.75, 3.05) is 18.1 Å². The zero-order chi connectivity index (χ0) is 30.3. The average Bonchev–Trinajstić information content (AvgIpc) is 3.08. The molecule has 3 aromatic carbocycles. The molecular weight excluding hydrogens is 532 g/mol. The molecule has 2 atom stereocenters. The second kappa shape index (κ2) is 13.7. The molecule has 4 rings (SSSR count). The van der Waals surface area contributed by atoms with E-state index in [1.54, 1.807) is 4.90 Å². The van der Waals surface area contributed by atoms with Crippen LogP contribution in [0, 0.1) is 0 Å². The van der Waals surface area contributed by atoms with Crippen LogP contribution >= 0.6 is 0 Å². The van der Waals surface area contributed by atoms with Gasteiger partial charge in [-0.1, -0.05) is 66.7 Å². The molecule has 0 saturated heterocycles. The fourth-order valence-corrected chi connectivity index (χ4v) is 5.30. The van der Waals surface area contributed by atoms with Crippen LogP contribution in [0.4, 0.5) is 5.69 Å². The van der Waals surface area contributed by atoms with Gasteiger partial charge in [-0.3, -0.25) is 14.4 Å². The van der Waals surface area contributed by atoms with Crippen molar-refractivity contribution in [2.45, 2.75) is 63.8 Å². The number of hydrogen-bond donors (Lipinski definition) is 5. The van der Waals surface area contributed by atoms with Crippen LogP contribution < -0.4 is 21.3 Å². The van der Waals surface area contributed by atoms with Gasteiger partial charge in [0.05, 0.1) is 25.7 Å². The quantitative estimate of drug-likeness (QED) is 0.226. The SMILES string of the molecule is CC(C)(CC(=O)N[C@@H]1CCc2ccccc2N(Cc2ccc(-c3ccccc3CC(N)=O)cc2)C1=O)NC[C@H](O)CO. The topological polar surface area (TPSA) is 145 Å². The van der Waals surface area contributed by atoms with Gasteiger partial charge >= 0.3 is 0 Å². The lowest BCUT2D eigenvalue weighted by Crippen LogP contribution is -2.51. The summed E-state index contributed by atoms with van der Waals surface area (Å²) in [6, 6.07) is 22.7. The van der Waals surface area contributed by atoms with Gasteiger partial charge in [-0.15, -0.1) is 0 Å². The molecule has 42 heavy (non-hydrogen) atoms. The molecule has 1 aliphatic heterocycles. The molecule has 222 valence electrons. The minimum absolute atomic E-state index is 0.0978. The molecule has 3 amide bonds. The summed E-state index contributed by atoms with van der Waals surface area (Å²) in [5.74, 6) is -0.834. The van der Waals surface area contributed by atoms with E-state index < -0.39 is 17.7 Å². The lowest BCUT2D eigenvalue weighted by molar-refractivity contribution is -0.128. The Balaban J connectivity index is 1.51. The van der Waals surface area contributed by atoms with E-state index >= 15 is 0 Å². The zero-order valence-corrected chi connectivity index (χ0v) is 24.2. The Morgan fingerprint density at radius 1 is 1.05 bits per heavy atom. The number of hydrogen-bond acceptors (Lipinski definition) is 6. The number of benzene rings is 3. The highest BCUT2D eigenvalue weighted by Crippen LogP contribution is 2.30. The zero-order valence-electron chi connectivity index (χ0n) is 24.2. The Morgan fingerprint density at radius 3 is 2.45 bits per heavy atom. The van der Waals surface area contributed by atoms with Gasteiger partial charge in [0.1, 0.15) is 6.04 Å². The van der Waals surface area contributed by atoms with Crippen molar-refractivity contribution in [1.29, 1.82) is 0 Å². The summed E-state index contributed by atoms with van der Waals surface area (Å²) < 4.78 is 0. The van der Waals surface area contributed by atoms with E-state index in [-0.39, 0.29) is 43.7 Å². The Hall–Kier alpha value is -4.05. The summed E-state index contributed by atoms with van der Waals surface area (Å²) in [6.07, 6.45) is 0.457. The summed E-state index contributed by atoms with van der Waals surface area (Å²) in [5, 5.41) is 24.8. The smallest absolute Gasteiger partial charge is 0.249 e. The number of nitrogens with zero attached hydrogens (tertiary/aromatic N) is 1. The average molecular weight is 573 g/mol. The number of primary amides is 1. The van der Waals surface area contributed by atoms with Crippen LogP contribution in [0.3, 0.4) is 0 Å². The third-order valence-corrected chi connectivity index (χ3v) is 7.50. The van der Waals surface area contributed by atoms with Gasteiger partial charge in [-0.2, -0.15) is 0 Å². The van der Waals surface area contributed by atoms with Gasteiger partial charge in [-0.05, 0) is 60.6 Å². The first kappa shape index (κ1) is 30.9. The van der Waals surface area contributed by atoms with Crippen LogP contribution in [0.2, 0.25) is 0 Å². The predicted octanol–water partition coefficient (Wildman–Crippen LogP) is 2.46. The van der Waals surface area contributed by atoms with Gasteiger partial charge in [0, 0.05) is 24.2 Å². The lowest BCUT2D eigenvalue weighted by Gasteiger charge is -2.29. The molecule has 0 unspecified atom stereocenters. The Kier molecular flexibility index (Phi) is 10.1. The highest BCUT2D eigenvalue weighted by Gasteiger charge is 2.32. The monoisotopic (exact) mass is 572 g/mol. The summed E-state index contributed by atoms with van der Waals surface area (Å²) in [4.78, 5) is 40.2. The normalized spacial score (nSPS) is 16.0. The van der Waals surface area contributed by atoms with Gasteiger partial charge in [0.2, 0.25) is 17.7 Å². The number of fused-ring (bicyclic) bond motifs is 1. The summed E-state index contributed by atoms with van der Waals surface area (Å²) in [6.45, 7) is 3.79. The second-order valence-corrected chi connectivity index (χ2v) is 11.5. The third kappa shape index (κ3) is 8.03. The molecule has 0 aromatic heterocycles. The van der Waals surface area contributed by atoms with Gasteiger partial charge < -0.3 is 31.5 Å². The predicted molar refractivity (Wildman–Crippen MR) is 162 cm³/mol. The third-order valence-electron chi connectivity index (χ3n) is 7.50. The van der Waals surface area contributed by atoms with Crippen molar-refractivity contribution in [3.8, 4) is 11.1 Å². The van der Waals surface area contributed by atoms with E-state index in [4.69, 9.17) is 10.8 Å². The molecule has 0 aliphatic carbocycles. The summed E-state index contributed by atoms with van der Waals surface area (Å²) in [7, 11) is 0. The largest absolute Gasteiger partial charge is 0.394 e. The maximum atomic E-state index is 13.9. The highest BCUT2D eigenvalue weighted by molar-refractivity contribution is 6.00. The number of β-amino-alcohol motifs (C(OH)–C–C–N with tert-alkyl or cyclic N) is 1. The lowest BCUT2D eigenvalue weighted by atomic mass is 9.96. The van der Waals surface area contributed by atoms with Crippen LogP contribution in [-0.4, -0.2) is 58.8 Å². The van der Waals surface area contributed by atoms with E-state index in [0.717, 1.165) is 33.5 Å². The molecule has 6 N–H and O–H groups in total. The number of carbonyl (C=O) groups excluding carboxylic acids is 3. The van der Waals surface area contributed by atoms with Crippen LogP contribution in [0.15, 0.2) is 72.8 Å². The van der Waals surface area contributed by atoms with E-state index in [9.17, 15) is 19.5 Å². The van der Waals surface area contributed by atoms with E-state index in [2.05, 4.69) is 10.6 Å². The number of nitrogens with one attached hydrogen (secondary N) is 2. The second-order valence-electron chi connectivity index (χ2n) is 11.5. The number of aliphatic hydroxyl groups is 2. The van der Waals surface area contributed by atoms with Crippen LogP contribution in [0.1, 0.15) is 43.4 Å². The molecule has 3 aromatic rings. The fourth-order valence-electron chi connectivity index (χ4n) is 5.30. The van der Waals surface area contributed by atoms with Crippen molar-refractivity contribution in [3.05, 3.63) is 89.5 Å². The van der Waals surface area contributed by atoms with Gasteiger partial charge in [0.25, 0.3) is 0 Å².